The number of aromatic nitrogens is 2. The van der Waals surface area contributed by atoms with Crippen LogP contribution in [0, 0.1) is 6.92 Å². The Morgan fingerprint density at radius 1 is 1.24 bits per heavy atom. The molecular formula is C18H23N5O2. The standard InChI is InChI=1S/C18H23N5O2/c1-12(20-18(25)22-10-16(11-22)21-14(3)24)15-4-6-17(7-5-15)23-9-8-19-13(23)2/h4-9,12,16H,10-11H2,1-3H3,(H,20,25)(H,21,24). The Morgan fingerprint density at radius 2 is 1.92 bits per heavy atom. The van der Waals surface area contributed by atoms with E-state index in [1.807, 2.05) is 48.9 Å². The number of carbonyl (C=O) groups is 2. The average Bonchev–Trinajstić information content (AvgIpc) is 2.96. The molecule has 1 aromatic heterocycles. The molecule has 0 radical (unpaired) electrons. The van der Waals surface area contributed by atoms with Gasteiger partial charge in [0.2, 0.25) is 5.91 Å². The Balaban J connectivity index is 1.55. The molecule has 1 aliphatic heterocycles. The number of benzene rings is 1. The molecule has 7 nitrogen and oxygen atoms in total. The highest BCUT2D eigenvalue weighted by atomic mass is 16.2. The first-order valence-electron chi connectivity index (χ1n) is 8.37. The number of rotatable bonds is 4. The van der Waals surface area contributed by atoms with Crippen molar-refractivity contribution < 1.29 is 9.59 Å². The maximum absolute atomic E-state index is 12.2. The van der Waals surface area contributed by atoms with Crippen LogP contribution in [0.25, 0.3) is 5.69 Å². The third-order valence-electron chi connectivity index (χ3n) is 4.41. The second kappa shape index (κ2) is 6.96. The molecule has 132 valence electrons. The van der Waals surface area contributed by atoms with E-state index in [2.05, 4.69) is 15.6 Å². The molecule has 0 aliphatic carbocycles. The Hall–Kier alpha value is -2.83. The molecule has 2 N–H and O–H groups in total. The van der Waals surface area contributed by atoms with E-state index in [-0.39, 0.29) is 24.0 Å². The zero-order valence-electron chi connectivity index (χ0n) is 14.7. The fourth-order valence-electron chi connectivity index (χ4n) is 2.96. The molecule has 1 aromatic carbocycles. The summed E-state index contributed by atoms with van der Waals surface area (Å²) in [5, 5.41) is 5.80. The van der Waals surface area contributed by atoms with Crippen molar-refractivity contribution in [2.45, 2.75) is 32.9 Å². The van der Waals surface area contributed by atoms with Crippen LogP contribution < -0.4 is 10.6 Å². The first kappa shape index (κ1) is 17.0. The van der Waals surface area contributed by atoms with E-state index < -0.39 is 0 Å². The van der Waals surface area contributed by atoms with Crippen LogP contribution in [0.1, 0.15) is 31.3 Å². The third-order valence-corrected chi connectivity index (χ3v) is 4.41. The number of amides is 3. The van der Waals surface area contributed by atoms with Gasteiger partial charge in [-0.05, 0) is 31.5 Å². The largest absolute Gasteiger partial charge is 0.350 e. The van der Waals surface area contributed by atoms with Crippen molar-refractivity contribution in [1.29, 1.82) is 0 Å². The van der Waals surface area contributed by atoms with Crippen LogP contribution in [-0.2, 0) is 4.79 Å². The Morgan fingerprint density at radius 3 is 2.48 bits per heavy atom. The van der Waals surface area contributed by atoms with E-state index in [0.29, 0.717) is 13.1 Å². The molecule has 3 amide bonds. The zero-order valence-corrected chi connectivity index (χ0v) is 14.7. The van der Waals surface area contributed by atoms with Crippen molar-refractivity contribution in [2.24, 2.45) is 0 Å². The van der Waals surface area contributed by atoms with Crippen LogP contribution in [0.4, 0.5) is 4.79 Å². The molecule has 1 atom stereocenters. The molecule has 3 rings (SSSR count). The molecule has 1 fully saturated rings. The molecule has 1 unspecified atom stereocenters. The molecule has 25 heavy (non-hydrogen) atoms. The van der Waals surface area contributed by atoms with Gasteiger partial charge in [-0.15, -0.1) is 0 Å². The van der Waals surface area contributed by atoms with E-state index in [4.69, 9.17) is 0 Å². The predicted molar refractivity (Wildman–Crippen MR) is 94.4 cm³/mol. The van der Waals surface area contributed by atoms with Gasteiger partial charge in [0.05, 0.1) is 12.1 Å². The van der Waals surface area contributed by atoms with Gasteiger partial charge in [0.25, 0.3) is 0 Å². The fourth-order valence-corrected chi connectivity index (χ4v) is 2.96. The summed E-state index contributed by atoms with van der Waals surface area (Å²) in [6.45, 7) is 6.51. The van der Waals surface area contributed by atoms with E-state index in [0.717, 1.165) is 17.1 Å². The predicted octanol–water partition coefficient (Wildman–Crippen LogP) is 1.77. The smallest absolute Gasteiger partial charge is 0.318 e. The van der Waals surface area contributed by atoms with Gasteiger partial charge < -0.3 is 20.1 Å². The lowest BCUT2D eigenvalue weighted by Crippen LogP contribution is -2.62. The second-order valence-corrected chi connectivity index (χ2v) is 6.41. The maximum atomic E-state index is 12.2. The highest BCUT2D eigenvalue weighted by Crippen LogP contribution is 2.18. The number of imidazole rings is 1. The van der Waals surface area contributed by atoms with Gasteiger partial charge in [-0.25, -0.2) is 9.78 Å². The van der Waals surface area contributed by atoms with Gasteiger partial charge >= 0.3 is 6.03 Å². The van der Waals surface area contributed by atoms with Gasteiger partial charge in [-0.1, -0.05) is 12.1 Å². The summed E-state index contributed by atoms with van der Waals surface area (Å²) in [5.74, 6) is 0.868. The number of carbonyl (C=O) groups excluding carboxylic acids is 2. The summed E-state index contributed by atoms with van der Waals surface area (Å²) >= 11 is 0. The Bertz CT molecular complexity index is 762. The molecule has 7 heteroatoms. The van der Waals surface area contributed by atoms with Gasteiger partial charge in [0, 0.05) is 38.1 Å². The molecular weight excluding hydrogens is 318 g/mol. The van der Waals surface area contributed by atoms with Crippen molar-refractivity contribution in [3.63, 3.8) is 0 Å². The minimum absolute atomic E-state index is 0.0633. The van der Waals surface area contributed by atoms with Gasteiger partial charge in [0.15, 0.2) is 0 Å². The van der Waals surface area contributed by atoms with E-state index in [9.17, 15) is 9.59 Å². The summed E-state index contributed by atoms with van der Waals surface area (Å²) in [6, 6.07) is 7.92. The Labute approximate surface area is 147 Å². The summed E-state index contributed by atoms with van der Waals surface area (Å²) in [5.41, 5.74) is 2.08. The minimum atomic E-state index is -0.108. The quantitative estimate of drug-likeness (QED) is 0.889. The minimum Gasteiger partial charge on any atom is -0.350 e. The average molecular weight is 341 g/mol. The van der Waals surface area contributed by atoms with Gasteiger partial charge in [-0.3, -0.25) is 4.79 Å². The lowest BCUT2D eigenvalue weighted by molar-refractivity contribution is -0.120. The van der Waals surface area contributed by atoms with Crippen LogP contribution in [-0.4, -0.2) is 45.5 Å². The summed E-state index contributed by atoms with van der Waals surface area (Å²) < 4.78 is 2.01. The molecule has 2 heterocycles. The maximum Gasteiger partial charge on any atom is 0.318 e. The number of nitrogens with zero attached hydrogens (tertiary/aromatic N) is 3. The molecule has 0 bridgehead atoms. The summed E-state index contributed by atoms with van der Waals surface area (Å²) in [7, 11) is 0. The summed E-state index contributed by atoms with van der Waals surface area (Å²) in [4.78, 5) is 29.1. The van der Waals surface area contributed by atoms with Gasteiger partial charge in [-0.2, -0.15) is 0 Å². The number of likely N-dealkylation sites (tertiary alicyclic amines) is 1. The van der Waals surface area contributed by atoms with Crippen LogP contribution >= 0.6 is 0 Å². The molecule has 1 aliphatic rings. The van der Waals surface area contributed by atoms with E-state index in [1.165, 1.54) is 6.92 Å². The lowest BCUT2D eigenvalue weighted by Gasteiger charge is -2.39. The number of aryl methyl sites for hydroxylation is 1. The lowest BCUT2D eigenvalue weighted by atomic mass is 10.1. The first-order valence-corrected chi connectivity index (χ1v) is 8.37. The Kier molecular flexibility index (Phi) is 4.74. The van der Waals surface area contributed by atoms with Crippen LogP contribution in [0.15, 0.2) is 36.7 Å². The van der Waals surface area contributed by atoms with Crippen LogP contribution in [0.3, 0.4) is 0 Å². The first-order chi connectivity index (χ1) is 11.9. The van der Waals surface area contributed by atoms with Crippen LogP contribution in [0.2, 0.25) is 0 Å². The van der Waals surface area contributed by atoms with E-state index >= 15 is 0 Å². The fraction of sp³-hybridized carbons (Fsp3) is 0.389. The molecule has 2 aromatic rings. The van der Waals surface area contributed by atoms with Crippen molar-refractivity contribution >= 4 is 11.9 Å². The third kappa shape index (κ3) is 3.81. The normalized spacial score (nSPS) is 15.4. The van der Waals surface area contributed by atoms with Crippen LogP contribution in [0.5, 0.6) is 0 Å². The molecule has 0 spiro atoms. The highest BCUT2D eigenvalue weighted by molar-refractivity contribution is 5.77. The number of hydrogen-bond acceptors (Lipinski definition) is 3. The van der Waals surface area contributed by atoms with Crippen molar-refractivity contribution in [1.82, 2.24) is 25.1 Å². The zero-order chi connectivity index (χ0) is 18.0. The number of hydrogen-bond donors (Lipinski definition) is 2. The summed E-state index contributed by atoms with van der Waals surface area (Å²) in [6.07, 6.45) is 3.69. The second-order valence-electron chi connectivity index (χ2n) is 6.41. The number of nitrogens with one attached hydrogen (secondary N) is 2. The van der Waals surface area contributed by atoms with Crippen molar-refractivity contribution in [3.8, 4) is 5.69 Å². The molecule has 0 saturated carbocycles. The topological polar surface area (TPSA) is 79.3 Å². The monoisotopic (exact) mass is 341 g/mol. The SMILES string of the molecule is CC(=O)NC1CN(C(=O)NC(C)c2ccc(-n3ccnc3C)cc2)C1. The van der Waals surface area contributed by atoms with Gasteiger partial charge in [0.1, 0.15) is 5.82 Å². The van der Waals surface area contributed by atoms with E-state index in [1.54, 1.807) is 11.1 Å². The number of urea groups is 1. The highest BCUT2D eigenvalue weighted by Gasteiger charge is 2.31. The molecule has 1 saturated heterocycles. The van der Waals surface area contributed by atoms with Crippen molar-refractivity contribution in [2.75, 3.05) is 13.1 Å². The van der Waals surface area contributed by atoms with Crippen molar-refractivity contribution in [3.05, 3.63) is 48.0 Å².